The third-order valence-electron chi connectivity index (χ3n) is 9.27. The summed E-state index contributed by atoms with van der Waals surface area (Å²) in [6.07, 6.45) is 7.97. The quantitative estimate of drug-likeness (QED) is 0.357. The zero-order valence-electron chi connectivity index (χ0n) is 26.7. The highest BCUT2D eigenvalue weighted by atomic mass is 32.2. The monoisotopic (exact) mass is 647 g/mol. The lowest BCUT2D eigenvalue weighted by atomic mass is 9.72. The molecule has 45 heavy (non-hydrogen) atoms. The molecule has 0 saturated carbocycles. The second-order valence-corrected chi connectivity index (χ2v) is 14.3. The molecule has 1 aromatic carbocycles. The van der Waals surface area contributed by atoms with Gasteiger partial charge in [-0.2, -0.15) is 13.1 Å². The van der Waals surface area contributed by atoms with Crippen LogP contribution >= 0.6 is 0 Å². The summed E-state index contributed by atoms with van der Waals surface area (Å²) in [7, 11) is -2.06. The van der Waals surface area contributed by atoms with Crippen LogP contribution in [0.5, 0.6) is 11.5 Å². The molecule has 2 N–H and O–H groups in total. The van der Waals surface area contributed by atoms with Crippen LogP contribution in [0.4, 0.5) is 10.2 Å². The summed E-state index contributed by atoms with van der Waals surface area (Å²) in [6.45, 7) is 11.4. The van der Waals surface area contributed by atoms with Gasteiger partial charge in [-0.05, 0) is 84.2 Å². The summed E-state index contributed by atoms with van der Waals surface area (Å²) in [4.78, 5) is 28.4. The molecule has 1 aromatic heterocycles. The maximum atomic E-state index is 14.2. The van der Waals surface area contributed by atoms with Gasteiger partial charge in [0, 0.05) is 50.7 Å². The lowest BCUT2D eigenvalue weighted by Crippen LogP contribution is -2.60. The number of amides is 1. The second kappa shape index (κ2) is 14.2. The van der Waals surface area contributed by atoms with E-state index in [0.717, 1.165) is 64.8 Å². The van der Waals surface area contributed by atoms with Crippen molar-refractivity contribution in [2.45, 2.75) is 71.1 Å². The Hall–Kier alpha value is -2.91. The van der Waals surface area contributed by atoms with Crippen molar-refractivity contribution in [1.29, 1.82) is 0 Å². The Labute approximate surface area is 265 Å². The van der Waals surface area contributed by atoms with E-state index in [1.165, 1.54) is 31.6 Å². The van der Waals surface area contributed by atoms with Crippen molar-refractivity contribution in [2.24, 2.45) is 5.41 Å². The summed E-state index contributed by atoms with van der Waals surface area (Å²) in [5, 5.41) is 0. The minimum Gasteiger partial charge on any atom is -0.451 e. The van der Waals surface area contributed by atoms with Crippen molar-refractivity contribution >= 4 is 21.9 Å². The van der Waals surface area contributed by atoms with Crippen LogP contribution in [0.25, 0.3) is 0 Å². The molecule has 0 aliphatic carbocycles. The Morgan fingerprint density at radius 1 is 1.22 bits per heavy atom. The molecule has 3 aliphatic rings. The second-order valence-electron chi connectivity index (χ2n) is 12.7. The Morgan fingerprint density at radius 2 is 1.98 bits per heavy atom. The third kappa shape index (κ3) is 8.09. The highest BCUT2D eigenvalue weighted by molar-refractivity contribution is 7.87. The number of ether oxygens (including phenoxy) is 2. The van der Waals surface area contributed by atoms with Gasteiger partial charge in [0.05, 0.1) is 24.5 Å². The lowest BCUT2D eigenvalue weighted by Gasteiger charge is -2.54. The van der Waals surface area contributed by atoms with E-state index in [-0.39, 0.29) is 40.8 Å². The molecule has 0 radical (unpaired) electrons. The summed E-state index contributed by atoms with van der Waals surface area (Å²) >= 11 is 0. The van der Waals surface area contributed by atoms with Gasteiger partial charge in [0.2, 0.25) is 0 Å². The number of nitrogens with one attached hydrogen (secondary N) is 2. The average Bonchev–Trinajstić information content (AvgIpc) is 3.01. The van der Waals surface area contributed by atoms with Crippen molar-refractivity contribution in [2.75, 3.05) is 57.8 Å². The number of anilines is 1. The highest BCUT2D eigenvalue weighted by Gasteiger charge is 2.46. The first-order valence-electron chi connectivity index (χ1n) is 15.9. The molecule has 3 fully saturated rings. The first kappa shape index (κ1) is 33.5. The minimum atomic E-state index is -3.46. The van der Waals surface area contributed by atoms with Crippen molar-refractivity contribution < 1.29 is 27.1 Å². The topological polar surface area (TPSA) is 129 Å². The van der Waals surface area contributed by atoms with E-state index in [9.17, 15) is 17.6 Å². The van der Waals surface area contributed by atoms with E-state index in [4.69, 9.17) is 9.47 Å². The SMILES string of the molecule is CCN(C(=O)c1cc(F)ccc1Oc1cncnc1N1CC2(CCN(CC[C@@H]3CC[C@@H](NS(=O)(=O)NC)CO3)CC2)C1)C(C)C. The Kier molecular flexibility index (Phi) is 10.6. The fourth-order valence-electron chi connectivity index (χ4n) is 6.61. The van der Waals surface area contributed by atoms with Crippen molar-refractivity contribution in [3.8, 4) is 11.5 Å². The zero-order valence-corrected chi connectivity index (χ0v) is 27.5. The zero-order chi connectivity index (χ0) is 32.2. The smallest absolute Gasteiger partial charge is 0.276 e. The summed E-state index contributed by atoms with van der Waals surface area (Å²) < 4.78 is 54.8. The maximum absolute atomic E-state index is 14.2. The molecular weight excluding hydrogens is 601 g/mol. The van der Waals surface area contributed by atoms with E-state index < -0.39 is 16.0 Å². The van der Waals surface area contributed by atoms with Gasteiger partial charge < -0.3 is 24.2 Å². The van der Waals surface area contributed by atoms with Gasteiger partial charge in [-0.25, -0.2) is 19.1 Å². The number of nitrogens with zero attached hydrogens (tertiary/aromatic N) is 5. The molecule has 12 nitrogen and oxygen atoms in total. The molecule has 3 saturated heterocycles. The maximum Gasteiger partial charge on any atom is 0.276 e. The Balaban J connectivity index is 1.13. The van der Waals surface area contributed by atoms with E-state index in [1.54, 1.807) is 11.1 Å². The summed E-state index contributed by atoms with van der Waals surface area (Å²) in [6, 6.07) is 3.78. The molecule has 5 rings (SSSR count). The number of rotatable bonds is 12. The van der Waals surface area contributed by atoms with Crippen LogP contribution in [0.2, 0.25) is 0 Å². The predicted octanol–water partition coefficient (Wildman–Crippen LogP) is 3.17. The number of carbonyl (C=O) groups is 1. The summed E-state index contributed by atoms with van der Waals surface area (Å²) in [5.74, 6) is 0.595. The Bertz CT molecular complexity index is 1420. The van der Waals surface area contributed by atoms with Crippen molar-refractivity contribution in [1.82, 2.24) is 29.2 Å². The first-order chi connectivity index (χ1) is 21.5. The summed E-state index contributed by atoms with van der Waals surface area (Å²) in [5.41, 5.74) is 0.387. The first-order valence-corrected chi connectivity index (χ1v) is 17.4. The molecule has 3 aliphatic heterocycles. The number of likely N-dealkylation sites (tertiary alicyclic amines) is 1. The van der Waals surface area contributed by atoms with Crippen LogP contribution in [0.1, 0.15) is 63.2 Å². The molecule has 2 atom stereocenters. The fraction of sp³-hybridized carbons (Fsp3) is 0.645. The van der Waals surface area contributed by atoms with E-state index in [2.05, 4.69) is 29.2 Å². The largest absolute Gasteiger partial charge is 0.451 e. The van der Waals surface area contributed by atoms with E-state index in [0.29, 0.717) is 24.7 Å². The number of halogens is 1. The fourth-order valence-corrected chi connectivity index (χ4v) is 7.35. The molecule has 2 aromatic rings. The number of piperidine rings is 1. The number of aromatic nitrogens is 2. The number of hydrogen-bond donors (Lipinski definition) is 2. The van der Waals surface area contributed by atoms with E-state index >= 15 is 0 Å². The normalized spacial score (nSPS) is 22.0. The third-order valence-corrected chi connectivity index (χ3v) is 10.5. The van der Waals surface area contributed by atoms with Gasteiger partial charge in [0.1, 0.15) is 17.9 Å². The van der Waals surface area contributed by atoms with Crippen molar-refractivity contribution in [3.05, 3.63) is 42.1 Å². The van der Waals surface area contributed by atoms with E-state index in [1.807, 2.05) is 20.8 Å². The molecule has 1 spiro atoms. The van der Waals surface area contributed by atoms with Gasteiger partial charge in [0.15, 0.2) is 11.6 Å². The molecular formula is C31H46FN7O5S. The Morgan fingerprint density at radius 3 is 2.62 bits per heavy atom. The van der Waals surface area contributed by atoms with Crippen LogP contribution in [0.15, 0.2) is 30.7 Å². The minimum absolute atomic E-state index is 0.0414. The van der Waals surface area contributed by atoms with Gasteiger partial charge in [0.25, 0.3) is 16.1 Å². The lowest BCUT2D eigenvalue weighted by molar-refractivity contribution is -0.0120. The standard InChI is InChI=1S/C31H46FN7O5S/c1-5-39(22(2)3)30(40)26-16-23(32)6-9-27(26)44-28-17-34-21-35-29(28)38-19-31(20-38)11-14-37(15-12-31)13-10-25-8-7-24(18-43-25)36-45(41,42)33-4/h6,9,16-17,21-22,24-25,33,36H,5,7-8,10-15,18-20H2,1-4H3/t24-,25+/m1/s1. The molecule has 0 bridgehead atoms. The van der Waals surface area contributed by atoms with Crippen LogP contribution in [-0.4, -0.2) is 105 Å². The molecule has 248 valence electrons. The number of carbonyl (C=O) groups excluding carboxylic acids is 1. The van der Waals surface area contributed by atoms with Gasteiger partial charge in [-0.15, -0.1) is 0 Å². The van der Waals surface area contributed by atoms with Crippen molar-refractivity contribution in [3.63, 3.8) is 0 Å². The molecule has 0 unspecified atom stereocenters. The van der Waals surface area contributed by atoms with Gasteiger partial charge in [-0.3, -0.25) is 4.79 Å². The van der Waals surface area contributed by atoms with Crippen LogP contribution < -0.4 is 19.1 Å². The predicted molar refractivity (Wildman–Crippen MR) is 169 cm³/mol. The van der Waals surface area contributed by atoms with Crippen LogP contribution in [0.3, 0.4) is 0 Å². The highest BCUT2D eigenvalue weighted by Crippen LogP contribution is 2.45. The molecule has 14 heteroatoms. The van der Waals surface area contributed by atoms with Crippen LogP contribution in [0, 0.1) is 11.2 Å². The van der Waals surface area contributed by atoms with Gasteiger partial charge >= 0.3 is 0 Å². The van der Waals surface area contributed by atoms with Gasteiger partial charge in [-0.1, -0.05) is 0 Å². The molecule has 1 amide bonds. The number of benzene rings is 1. The average molecular weight is 648 g/mol. The number of hydrogen-bond acceptors (Lipinski definition) is 9. The van der Waals surface area contributed by atoms with Crippen LogP contribution in [-0.2, 0) is 14.9 Å². The molecule has 4 heterocycles.